The summed E-state index contributed by atoms with van der Waals surface area (Å²) in [5, 5.41) is 0.545. The summed E-state index contributed by atoms with van der Waals surface area (Å²) in [6, 6.07) is 6.69. The molecular formula is C21H28BNO6. The van der Waals surface area contributed by atoms with Crippen LogP contribution in [0.4, 0.5) is 0 Å². The Labute approximate surface area is 171 Å². The van der Waals surface area contributed by atoms with Gasteiger partial charge < -0.3 is 14.1 Å². The van der Waals surface area contributed by atoms with Crippen molar-refractivity contribution in [2.24, 2.45) is 5.92 Å². The minimum absolute atomic E-state index is 0.0555. The highest BCUT2D eigenvalue weighted by Gasteiger charge is 2.54. The Morgan fingerprint density at radius 2 is 1.83 bits per heavy atom. The molecular weight excluding hydrogens is 373 g/mol. The Morgan fingerprint density at radius 1 is 1.17 bits per heavy atom. The third kappa shape index (κ3) is 4.38. The third-order valence-corrected chi connectivity index (χ3v) is 5.82. The van der Waals surface area contributed by atoms with Crippen LogP contribution in [0.5, 0.6) is 0 Å². The molecule has 29 heavy (non-hydrogen) atoms. The summed E-state index contributed by atoms with van der Waals surface area (Å²) in [6.45, 7) is 10.4. The van der Waals surface area contributed by atoms with Crippen molar-refractivity contribution in [1.29, 1.82) is 0 Å². The van der Waals surface area contributed by atoms with E-state index < -0.39 is 36.1 Å². The van der Waals surface area contributed by atoms with Crippen LogP contribution in [0.1, 0.15) is 70.7 Å². The van der Waals surface area contributed by atoms with Gasteiger partial charge in [0.1, 0.15) is 0 Å². The van der Waals surface area contributed by atoms with Crippen LogP contribution in [0.3, 0.4) is 0 Å². The van der Waals surface area contributed by atoms with Gasteiger partial charge in [-0.25, -0.2) is 4.79 Å². The fourth-order valence-corrected chi connectivity index (χ4v) is 3.46. The summed E-state index contributed by atoms with van der Waals surface area (Å²) >= 11 is 0. The molecule has 0 N–H and O–H groups in total. The number of carbonyl (C=O) groups excluding carboxylic acids is 3. The molecule has 2 aliphatic rings. The van der Waals surface area contributed by atoms with E-state index in [-0.39, 0.29) is 18.4 Å². The van der Waals surface area contributed by atoms with Crippen molar-refractivity contribution < 1.29 is 28.5 Å². The minimum Gasteiger partial charge on any atom is -0.399 e. The number of nitrogens with zero attached hydrogens (tertiary/aromatic N) is 1. The number of rotatable bonds is 6. The van der Waals surface area contributed by atoms with Gasteiger partial charge in [-0.15, -0.1) is 5.06 Å². The maximum Gasteiger partial charge on any atom is 0.494 e. The van der Waals surface area contributed by atoms with Crippen LogP contribution in [0.2, 0.25) is 0 Å². The summed E-state index contributed by atoms with van der Waals surface area (Å²) in [6.07, 6.45) is 1.98. The number of hydroxylamine groups is 2. The zero-order chi connectivity index (χ0) is 21.4. The van der Waals surface area contributed by atoms with Gasteiger partial charge in [0.25, 0.3) is 11.8 Å². The minimum atomic E-state index is -0.768. The van der Waals surface area contributed by atoms with Crippen LogP contribution in [-0.4, -0.2) is 41.2 Å². The Bertz CT molecular complexity index is 807. The molecule has 0 aliphatic carbocycles. The van der Waals surface area contributed by atoms with Gasteiger partial charge in [0.15, 0.2) is 0 Å². The standard InChI is InChI=1S/C21H28BNO6/c1-14(2)11-12-21(5)20(3,4)28-22(29-21)16-8-6-7-15(13-16)19(26)27-23-17(24)9-10-18(23)25/h6-8,13-14H,9-12H2,1-5H3. The second-order valence-corrected chi connectivity index (χ2v) is 8.83. The quantitative estimate of drug-likeness (QED) is 0.539. The van der Waals surface area contributed by atoms with Gasteiger partial charge in [0.05, 0.1) is 16.8 Å². The molecule has 0 bridgehead atoms. The molecule has 2 saturated heterocycles. The number of hydrogen-bond donors (Lipinski definition) is 0. The molecule has 2 amide bonds. The zero-order valence-electron chi connectivity index (χ0n) is 17.7. The molecule has 8 heteroatoms. The predicted octanol–water partition coefficient (Wildman–Crippen LogP) is 2.62. The number of amides is 2. The van der Waals surface area contributed by atoms with Crippen LogP contribution >= 0.6 is 0 Å². The number of carbonyl (C=O) groups is 3. The summed E-state index contributed by atoms with van der Waals surface area (Å²) in [7, 11) is -0.620. The lowest BCUT2D eigenvalue weighted by Crippen LogP contribution is -2.44. The van der Waals surface area contributed by atoms with Gasteiger partial charge in [-0.3, -0.25) is 9.59 Å². The van der Waals surface area contributed by atoms with E-state index in [1.807, 2.05) is 19.9 Å². The summed E-state index contributed by atoms with van der Waals surface area (Å²) in [5.41, 5.74) is -0.0692. The van der Waals surface area contributed by atoms with E-state index in [0.717, 1.165) is 12.8 Å². The van der Waals surface area contributed by atoms with Gasteiger partial charge in [-0.1, -0.05) is 26.0 Å². The molecule has 7 nitrogen and oxygen atoms in total. The van der Waals surface area contributed by atoms with E-state index in [2.05, 4.69) is 20.8 Å². The number of hydrogen-bond acceptors (Lipinski definition) is 6. The van der Waals surface area contributed by atoms with Crippen LogP contribution in [0.15, 0.2) is 24.3 Å². The Balaban J connectivity index is 1.75. The molecule has 1 unspecified atom stereocenters. The molecule has 0 radical (unpaired) electrons. The molecule has 1 atom stereocenters. The molecule has 0 saturated carbocycles. The molecule has 2 fully saturated rings. The van der Waals surface area contributed by atoms with Crippen molar-refractivity contribution in [2.75, 3.05) is 0 Å². The van der Waals surface area contributed by atoms with Crippen molar-refractivity contribution in [3.05, 3.63) is 29.8 Å². The van der Waals surface area contributed by atoms with Crippen LogP contribution in [0.25, 0.3) is 0 Å². The summed E-state index contributed by atoms with van der Waals surface area (Å²) in [4.78, 5) is 40.8. The zero-order valence-corrected chi connectivity index (χ0v) is 17.7. The fraction of sp³-hybridized carbons (Fsp3) is 0.571. The molecule has 1 aromatic carbocycles. The third-order valence-electron chi connectivity index (χ3n) is 5.82. The molecule has 1 aromatic rings. The maximum atomic E-state index is 12.4. The van der Waals surface area contributed by atoms with Crippen molar-refractivity contribution in [2.45, 2.75) is 71.5 Å². The van der Waals surface area contributed by atoms with Crippen molar-refractivity contribution in [1.82, 2.24) is 5.06 Å². The molecule has 2 aliphatic heterocycles. The first-order valence-corrected chi connectivity index (χ1v) is 10.1. The normalized spacial score (nSPS) is 23.9. The Hall–Kier alpha value is -2.19. The highest BCUT2D eigenvalue weighted by Crippen LogP contribution is 2.41. The predicted molar refractivity (Wildman–Crippen MR) is 107 cm³/mol. The van der Waals surface area contributed by atoms with E-state index in [4.69, 9.17) is 14.1 Å². The van der Waals surface area contributed by atoms with E-state index in [1.165, 1.54) is 0 Å². The SMILES string of the molecule is CC(C)CCC1(C)OB(c2cccc(C(=O)ON3C(=O)CCC3=O)c2)OC1(C)C. The lowest BCUT2D eigenvalue weighted by molar-refractivity contribution is -0.172. The molecule has 3 rings (SSSR count). The number of imide groups is 1. The van der Waals surface area contributed by atoms with Gasteiger partial charge in [-0.2, -0.15) is 0 Å². The van der Waals surface area contributed by atoms with E-state index >= 15 is 0 Å². The average Bonchev–Trinajstić information content (AvgIpc) is 3.10. The summed E-state index contributed by atoms with van der Waals surface area (Å²) < 4.78 is 12.5. The fourth-order valence-electron chi connectivity index (χ4n) is 3.46. The number of benzene rings is 1. The first-order valence-electron chi connectivity index (χ1n) is 10.1. The maximum absolute atomic E-state index is 12.4. The summed E-state index contributed by atoms with van der Waals surface area (Å²) in [5.74, 6) is -1.23. The van der Waals surface area contributed by atoms with Gasteiger partial charge in [0, 0.05) is 12.8 Å². The molecule has 0 aromatic heterocycles. The molecule has 156 valence electrons. The average molecular weight is 401 g/mol. The lowest BCUT2D eigenvalue weighted by Gasteiger charge is -2.37. The van der Waals surface area contributed by atoms with Crippen LogP contribution in [-0.2, 0) is 23.7 Å². The van der Waals surface area contributed by atoms with Gasteiger partial charge >= 0.3 is 13.1 Å². The lowest BCUT2D eigenvalue weighted by atomic mass is 9.78. The Kier molecular flexibility index (Phi) is 5.87. The second kappa shape index (κ2) is 7.92. The van der Waals surface area contributed by atoms with Gasteiger partial charge in [-0.05, 0) is 57.1 Å². The highest BCUT2D eigenvalue weighted by atomic mass is 16.7. The first-order chi connectivity index (χ1) is 13.5. The highest BCUT2D eigenvalue weighted by molar-refractivity contribution is 6.62. The smallest absolute Gasteiger partial charge is 0.399 e. The van der Waals surface area contributed by atoms with Crippen LogP contribution < -0.4 is 5.46 Å². The van der Waals surface area contributed by atoms with E-state index in [1.54, 1.807) is 18.2 Å². The monoisotopic (exact) mass is 401 g/mol. The first kappa shape index (κ1) is 21.5. The second-order valence-electron chi connectivity index (χ2n) is 8.83. The van der Waals surface area contributed by atoms with Gasteiger partial charge in [0.2, 0.25) is 0 Å². The van der Waals surface area contributed by atoms with Crippen molar-refractivity contribution in [3.8, 4) is 0 Å². The largest absolute Gasteiger partial charge is 0.494 e. The Morgan fingerprint density at radius 3 is 2.45 bits per heavy atom. The van der Waals surface area contributed by atoms with E-state index in [9.17, 15) is 14.4 Å². The van der Waals surface area contributed by atoms with Crippen molar-refractivity contribution >= 4 is 30.4 Å². The topological polar surface area (TPSA) is 82.1 Å². The van der Waals surface area contributed by atoms with Crippen LogP contribution in [0, 0.1) is 5.92 Å². The van der Waals surface area contributed by atoms with E-state index in [0.29, 0.717) is 16.4 Å². The molecule has 2 heterocycles. The molecule has 0 spiro atoms. The van der Waals surface area contributed by atoms with Crippen molar-refractivity contribution in [3.63, 3.8) is 0 Å².